The highest BCUT2D eigenvalue weighted by Crippen LogP contribution is 2.60. The largest absolute Gasteiger partial charge is 0.469 e. The third kappa shape index (κ3) is 1.81. The zero-order chi connectivity index (χ0) is 18.1. The number of benzene rings is 1. The molecule has 2 fully saturated rings. The van der Waals surface area contributed by atoms with E-state index in [1.165, 1.54) is 28.6 Å². The van der Waals surface area contributed by atoms with Gasteiger partial charge in [-0.15, -0.1) is 0 Å². The number of carbonyl (C=O) groups excluding carboxylic acids is 1. The lowest BCUT2D eigenvalue weighted by Gasteiger charge is -2.53. The molecule has 0 amide bonds. The average Bonchev–Trinajstić information content (AvgIpc) is 3.10. The number of aromatic nitrogens is 1. The lowest BCUT2D eigenvalue weighted by molar-refractivity contribution is -0.146. The molecule has 4 heterocycles. The second-order valence-corrected chi connectivity index (χ2v) is 8.35. The molecule has 0 spiro atoms. The van der Waals surface area contributed by atoms with Gasteiger partial charge in [0.15, 0.2) is 0 Å². The number of hydrogen-bond donors (Lipinski definition) is 0. The van der Waals surface area contributed by atoms with Crippen molar-refractivity contribution in [1.29, 1.82) is 0 Å². The molecule has 0 radical (unpaired) electrons. The summed E-state index contributed by atoms with van der Waals surface area (Å²) in [5.41, 5.74) is 4.32. The number of fused-ring (bicyclic) bond motifs is 3. The van der Waals surface area contributed by atoms with E-state index in [2.05, 4.69) is 47.7 Å². The number of para-hydroxylation sites is 1. The Morgan fingerprint density at radius 1 is 1.31 bits per heavy atom. The highest BCUT2D eigenvalue weighted by molar-refractivity contribution is 5.86. The third-order valence-corrected chi connectivity index (χ3v) is 7.62. The van der Waals surface area contributed by atoms with E-state index in [9.17, 15) is 4.79 Å². The molecule has 26 heavy (non-hydrogen) atoms. The molecule has 3 aliphatic rings. The number of rotatable bonds is 2. The van der Waals surface area contributed by atoms with Crippen molar-refractivity contribution in [2.45, 2.75) is 50.6 Å². The number of carbonyl (C=O) groups is 1. The van der Waals surface area contributed by atoms with E-state index < -0.39 is 0 Å². The van der Waals surface area contributed by atoms with Crippen LogP contribution in [0.3, 0.4) is 0 Å². The quantitative estimate of drug-likeness (QED) is 0.775. The first-order chi connectivity index (χ1) is 12.6. The zero-order valence-corrected chi connectivity index (χ0v) is 16.0. The standard InChI is InChI=1S/C22H28N2O2/c1-4-14-9-10-19-17(21(25)26-3)13-22(14)20-16(11-12-24(19)22)15-7-5-6-8-18(15)23(20)2/h5-8,14,17,19H,4,9-13H2,1-3H3/t14-,17?,19+,22+/m1/s1. The molecule has 3 aliphatic heterocycles. The molecule has 2 bridgehead atoms. The van der Waals surface area contributed by atoms with Crippen LogP contribution in [0.15, 0.2) is 24.3 Å². The molecular weight excluding hydrogens is 324 g/mol. The van der Waals surface area contributed by atoms with Gasteiger partial charge in [0.2, 0.25) is 0 Å². The van der Waals surface area contributed by atoms with E-state index in [1.807, 2.05) is 0 Å². The van der Waals surface area contributed by atoms with Crippen LogP contribution in [0.2, 0.25) is 0 Å². The van der Waals surface area contributed by atoms with Gasteiger partial charge in [-0.2, -0.15) is 0 Å². The van der Waals surface area contributed by atoms with E-state index in [-0.39, 0.29) is 17.4 Å². The fourth-order valence-corrected chi connectivity index (χ4v) is 6.70. The minimum atomic E-state index is -0.0131. The summed E-state index contributed by atoms with van der Waals surface area (Å²) >= 11 is 0. The number of hydrogen-bond acceptors (Lipinski definition) is 3. The number of piperidine rings is 1. The van der Waals surface area contributed by atoms with Crippen LogP contribution in [0.4, 0.5) is 0 Å². The Balaban J connectivity index is 1.77. The SMILES string of the molecule is CC[C@@H]1CC[C@H]2C(C(=O)OC)C[C@@]13c1c(c4ccccc4n1C)CCN23. The molecule has 4 heteroatoms. The van der Waals surface area contributed by atoms with Crippen LogP contribution >= 0.6 is 0 Å². The molecule has 1 aromatic heterocycles. The van der Waals surface area contributed by atoms with E-state index in [0.717, 1.165) is 32.2 Å². The summed E-state index contributed by atoms with van der Waals surface area (Å²) in [5, 5.41) is 1.40. The monoisotopic (exact) mass is 352 g/mol. The molecule has 0 N–H and O–H groups in total. The van der Waals surface area contributed by atoms with Crippen molar-refractivity contribution < 1.29 is 9.53 Å². The van der Waals surface area contributed by atoms with Crippen molar-refractivity contribution in [2.75, 3.05) is 13.7 Å². The summed E-state index contributed by atoms with van der Waals surface area (Å²) in [6.07, 6.45) is 5.50. The van der Waals surface area contributed by atoms with Crippen LogP contribution < -0.4 is 0 Å². The van der Waals surface area contributed by atoms with Gasteiger partial charge >= 0.3 is 5.97 Å². The number of ether oxygens (including phenoxy) is 1. The predicted octanol–water partition coefficient (Wildman–Crippen LogP) is 3.61. The second kappa shape index (κ2) is 5.59. The lowest BCUT2D eigenvalue weighted by atomic mass is 9.70. The summed E-state index contributed by atoms with van der Waals surface area (Å²) in [6.45, 7) is 3.38. The number of aryl methyl sites for hydroxylation is 1. The van der Waals surface area contributed by atoms with Gasteiger partial charge in [0.25, 0.3) is 0 Å². The molecule has 0 saturated carbocycles. The van der Waals surface area contributed by atoms with Crippen molar-refractivity contribution in [2.24, 2.45) is 18.9 Å². The van der Waals surface area contributed by atoms with Gasteiger partial charge in [0, 0.05) is 36.2 Å². The van der Waals surface area contributed by atoms with Crippen LogP contribution in [0, 0.1) is 11.8 Å². The molecule has 1 aromatic carbocycles. The third-order valence-electron chi connectivity index (χ3n) is 7.62. The molecule has 4 atom stereocenters. The number of methoxy groups -OCH3 is 1. The van der Waals surface area contributed by atoms with Gasteiger partial charge in [-0.05, 0) is 43.2 Å². The van der Waals surface area contributed by atoms with Crippen molar-refractivity contribution in [3.63, 3.8) is 0 Å². The van der Waals surface area contributed by atoms with Crippen molar-refractivity contribution in [3.05, 3.63) is 35.5 Å². The van der Waals surface area contributed by atoms with E-state index in [4.69, 9.17) is 4.74 Å². The van der Waals surface area contributed by atoms with Gasteiger partial charge in [-0.1, -0.05) is 31.5 Å². The Morgan fingerprint density at radius 3 is 2.88 bits per heavy atom. The molecule has 0 aliphatic carbocycles. The van der Waals surface area contributed by atoms with E-state index in [1.54, 1.807) is 7.11 Å². The molecule has 2 saturated heterocycles. The average molecular weight is 352 g/mol. The number of nitrogens with zero attached hydrogens (tertiary/aromatic N) is 2. The van der Waals surface area contributed by atoms with Crippen LogP contribution in [0.1, 0.15) is 43.9 Å². The Bertz CT molecular complexity index is 886. The molecular formula is C22H28N2O2. The molecule has 2 aromatic rings. The van der Waals surface area contributed by atoms with Crippen LogP contribution in [0.5, 0.6) is 0 Å². The predicted molar refractivity (Wildman–Crippen MR) is 102 cm³/mol. The van der Waals surface area contributed by atoms with Gasteiger partial charge in [0.1, 0.15) is 0 Å². The molecule has 138 valence electrons. The topological polar surface area (TPSA) is 34.5 Å². The van der Waals surface area contributed by atoms with Crippen molar-refractivity contribution >= 4 is 16.9 Å². The molecule has 1 unspecified atom stereocenters. The Kier molecular flexibility index (Phi) is 3.52. The summed E-state index contributed by atoms with van der Waals surface area (Å²) in [6, 6.07) is 9.14. The van der Waals surface area contributed by atoms with E-state index >= 15 is 0 Å². The Hall–Kier alpha value is -1.81. The smallest absolute Gasteiger partial charge is 0.310 e. The fourth-order valence-electron chi connectivity index (χ4n) is 6.70. The van der Waals surface area contributed by atoms with Gasteiger partial charge in [-0.3, -0.25) is 9.69 Å². The Labute approximate surface area is 155 Å². The normalized spacial score (nSPS) is 33.1. The maximum Gasteiger partial charge on any atom is 0.310 e. The van der Waals surface area contributed by atoms with Crippen LogP contribution in [-0.4, -0.2) is 35.1 Å². The van der Waals surface area contributed by atoms with Gasteiger partial charge in [0.05, 0.1) is 18.6 Å². The lowest BCUT2D eigenvalue weighted by Crippen LogP contribution is -2.57. The first-order valence-electron chi connectivity index (χ1n) is 10.0. The summed E-state index contributed by atoms with van der Waals surface area (Å²) in [5.74, 6) is 0.608. The van der Waals surface area contributed by atoms with E-state index in [0.29, 0.717) is 12.0 Å². The molecule has 4 nitrogen and oxygen atoms in total. The summed E-state index contributed by atoms with van der Waals surface area (Å²) in [7, 11) is 3.77. The van der Waals surface area contributed by atoms with Gasteiger partial charge < -0.3 is 9.30 Å². The summed E-state index contributed by atoms with van der Waals surface area (Å²) < 4.78 is 7.65. The minimum Gasteiger partial charge on any atom is -0.469 e. The van der Waals surface area contributed by atoms with Crippen molar-refractivity contribution in [1.82, 2.24) is 9.47 Å². The molecule has 5 rings (SSSR count). The second-order valence-electron chi connectivity index (χ2n) is 8.35. The highest BCUT2D eigenvalue weighted by atomic mass is 16.5. The fraction of sp³-hybridized carbons (Fsp3) is 0.591. The van der Waals surface area contributed by atoms with Crippen molar-refractivity contribution in [3.8, 4) is 0 Å². The first-order valence-corrected chi connectivity index (χ1v) is 10.0. The van der Waals surface area contributed by atoms with Crippen LogP contribution in [0.25, 0.3) is 10.9 Å². The Morgan fingerprint density at radius 2 is 2.12 bits per heavy atom. The zero-order valence-electron chi connectivity index (χ0n) is 16.0. The highest BCUT2D eigenvalue weighted by Gasteiger charge is 2.63. The number of esters is 1. The maximum absolute atomic E-state index is 12.6. The summed E-state index contributed by atoms with van der Waals surface area (Å²) in [4.78, 5) is 15.3. The van der Waals surface area contributed by atoms with Gasteiger partial charge in [-0.25, -0.2) is 0 Å². The van der Waals surface area contributed by atoms with Crippen LogP contribution in [-0.2, 0) is 28.5 Å². The maximum atomic E-state index is 12.6. The minimum absolute atomic E-state index is 0.00211. The first kappa shape index (κ1) is 16.4.